The maximum Gasteiger partial charge on any atom is 0.224 e. The van der Waals surface area contributed by atoms with Gasteiger partial charge in [0.1, 0.15) is 0 Å². The lowest BCUT2D eigenvalue weighted by Gasteiger charge is -2.36. The van der Waals surface area contributed by atoms with Gasteiger partial charge in [0.15, 0.2) is 0 Å². The van der Waals surface area contributed by atoms with Crippen LogP contribution in [0.4, 0.5) is 0 Å². The molecule has 4 heteroatoms. The Morgan fingerprint density at radius 2 is 1.79 bits per heavy atom. The molecule has 0 aliphatic carbocycles. The van der Waals surface area contributed by atoms with Crippen molar-refractivity contribution in [2.45, 2.75) is 58.5 Å². The van der Waals surface area contributed by atoms with E-state index in [4.69, 9.17) is 5.73 Å². The fraction of sp³-hybridized carbons (Fsp3) is 0.933. The number of hydrogen-bond donors (Lipinski definition) is 1. The zero-order chi connectivity index (χ0) is 14.4. The van der Waals surface area contributed by atoms with Crippen molar-refractivity contribution in [3.63, 3.8) is 0 Å². The van der Waals surface area contributed by atoms with E-state index in [1.165, 1.54) is 6.42 Å². The fourth-order valence-corrected chi connectivity index (χ4v) is 2.67. The molecule has 1 saturated heterocycles. The zero-order valence-corrected chi connectivity index (χ0v) is 13.1. The van der Waals surface area contributed by atoms with E-state index in [0.29, 0.717) is 24.9 Å². The number of amides is 1. The number of likely N-dealkylation sites (N-methyl/N-ethyl adjacent to an activating group) is 1. The van der Waals surface area contributed by atoms with Crippen LogP contribution in [-0.4, -0.2) is 54.5 Å². The smallest absolute Gasteiger partial charge is 0.224 e. The molecule has 1 aliphatic heterocycles. The van der Waals surface area contributed by atoms with E-state index in [1.807, 2.05) is 4.90 Å². The summed E-state index contributed by atoms with van der Waals surface area (Å²) in [4.78, 5) is 16.6. The first-order valence-electron chi connectivity index (χ1n) is 7.67. The quantitative estimate of drug-likeness (QED) is 0.798. The Balaban J connectivity index is 2.52. The molecular weight excluding hydrogens is 238 g/mol. The first-order valence-corrected chi connectivity index (χ1v) is 7.67. The van der Waals surface area contributed by atoms with Crippen LogP contribution in [0.15, 0.2) is 0 Å². The molecule has 2 atom stereocenters. The number of nitrogens with two attached hydrogens (primary N) is 1. The van der Waals surface area contributed by atoms with Crippen LogP contribution in [0, 0.1) is 5.92 Å². The maximum absolute atomic E-state index is 12.3. The second kappa shape index (κ2) is 7.85. The minimum Gasteiger partial charge on any atom is -0.343 e. The van der Waals surface area contributed by atoms with Gasteiger partial charge in [-0.3, -0.25) is 9.69 Å². The van der Waals surface area contributed by atoms with Gasteiger partial charge < -0.3 is 10.6 Å². The average Bonchev–Trinajstić information content (AvgIpc) is 2.43. The number of nitrogens with zero attached hydrogens (tertiary/aromatic N) is 2. The van der Waals surface area contributed by atoms with Gasteiger partial charge in [0.2, 0.25) is 5.91 Å². The van der Waals surface area contributed by atoms with E-state index in [0.717, 1.165) is 25.9 Å². The molecule has 0 saturated carbocycles. The molecule has 4 nitrogen and oxygen atoms in total. The van der Waals surface area contributed by atoms with Crippen LogP contribution in [0.25, 0.3) is 0 Å². The minimum atomic E-state index is 0.159. The molecule has 19 heavy (non-hydrogen) atoms. The fourth-order valence-electron chi connectivity index (χ4n) is 2.67. The highest BCUT2D eigenvalue weighted by Gasteiger charge is 2.25. The molecule has 1 amide bonds. The summed E-state index contributed by atoms with van der Waals surface area (Å²) in [5.74, 6) is 0.849. The highest BCUT2D eigenvalue weighted by Crippen LogP contribution is 2.16. The van der Waals surface area contributed by atoms with Crippen molar-refractivity contribution in [1.82, 2.24) is 9.80 Å². The number of carbonyl (C=O) groups is 1. The standard InChI is InChI=1S/C15H31N3O/c1-12(2)13(3)17(4)14(11-16)10-15(19)18-8-6-5-7-9-18/h12-14H,5-11,16H2,1-4H3. The van der Waals surface area contributed by atoms with Gasteiger partial charge in [-0.2, -0.15) is 0 Å². The summed E-state index contributed by atoms with van der Waals surface area (Å²) >= 11 is 0. The van der Waals surface area contributed by atoms with E-state index in [9.17, 15) is 4.79 Å². The predicted molar refractivity (Wildman–Crippen MR) is 80.0 cm³/mol. The Morgan fingerprint density at radius 3 is 2.26 bits per heavy atom. The molecule has 0 aromatic carbocycles. The Morgan fingerprint density at radius 1 is 1.21 bits per heavy atom. The molecule has 0 spiro atoms. The lowest BCUT2D eigenvalue weighted by atomic mass is 10.0. The summed E-state index contributed by atoms with van der Waals surface area (Å²) in [6, 6.07) is 0.606. The van der Waals surface area contributed by atoms with Crippen LogP contribution < -0.4 is 5.73 Å². The summed E-state index contributed by atoms with van der Waals surface area (Å²) in [6.45, 7) is 9.04. The van der Waals surface area contributed by atoms with E-state index in [1.54, 1.807) is 0 Å². The van der Waals surface area contributed by atoms with Crippen molar-refractivity contribution < 1.29 is 4.79 Å². The molecule has 0 radical (unpaired) electrons. The molecule has 2 unspecified atom stereocenters. The Bertz CT molecular complexity index is 275. The van der Waals surface area contributed by atoms with Gasteiger partial charge in [0.05, 0.1) is 0 Å². The molecular formula is C15H31N3O. The second-order valence-corrected chi connectivity index (χ2v) is 6.19. The van der Waals surface area contributed by atoms with Gasteiger partial charge in [-0.25, -0.2) is 0 Å². The lowest BCUT2D eigenvalue weighted by molar-refractivity contribution is -0.133. The number of carbonyl (C=O) groups excluding carboxylic acids is 1. The third kappa shape index (κ3) is 4.77. The summed E-state index contributed by atoms with van der Waals surface area (Å²) < 4.78 is 0. The molecule has 1 fully saturated rings. The predicted octanol–water partition coefficient (Wildman–Crippen LogP) is 1.69. The molecule has 0 aromatic rings. The van der Waals surface area contributed by atoms with Crippen molar-refractivity contribution >= 4 is 5.91 Å². The topological polar surface area (TPSA) is 49.6 Å². The average molecular weight is 269 g/mol. The summed E-state index contributed by atoms with van der Waals surface area (Å²) in [6.07, 6.45) is 4.12. The number of rotatable bonds is 6. The van der Waals surface area contributed by atoms with Crippen LogP contribution in [0.1, 0.15) is 46.5 Å². The number of likely N-dealkylation sites (tertiary alicyclic amines) is 1. The molecule has 0 bridgehead atoms. The van der Waals surface area contributed by atoms with Gasteiger partial charge in [0, 0.05) is 38.1 Å². The summed E-state index contributed by atoms with van der Waals surface area (Å²) in [5, 5.41) is 0. The van der Waals surface area contributed by atoms with Crippen LogP contribution in [0.5, 0.6) is 0 Å². The first kappa shape index (κ1) is 16.4. The van der Waals surface area contributed by atoms with Crippen molar-refractivity contribution in [2.75, 3.05) is 26.7 Å². The Kier molecular flexibility index (Phi) is 6.80. The van der Waals surface area contributed by atoms with E-state index in [2.05, 4.69) is 32.7 Å². The SMILES string of the molecule is CC(C)C(C)N(C)C(CN)CC(=O)N1CCCCC1. The first-order chi connectivity index (χ1) is 8.97. The van der Waals surface area contributed by atoms with Crippen molar-refractivity contribution in [1.29, 1.82) is 0 Å². The molecule has 1 heterocycles. The zero-order valence-electron chi connectivity index (χ0n) is 13.1. The molecule has 0 aromatic heterocycles. The van der Waals surface area contributed by atoms with Gasteiger partial charge >= 0.3 is 0 Å². The Hall–Kier alpha value is -0.610. The van der Waals surface area contributed by atoms with Gasteiger partial charge in [-0.15, -0.1) is 0 Å². The maximum atomic E-state index is 12.3. The van der Waals surface area contributed by atoms with Gasteiger partial charge in [-0.1, -0.05) is 13.8 Å². The molecule has 112 valence electrons. The summed E-state index contributed by atoms with van der Waals surface area (Å²) in [7, 11) is 2.09. The monoisotopic (exact) mass is 269 g/mol. The van der Waals surface area contributed by atoms with E-state index in [-0.39, 0.29) is 11.9 Å². The molecule has 1 rings (SSSR count). The number of hydrogen-bond acceptors (Lipinski definition) is 3. The van der Waals surface area contributed by atoms with E-state index < -0.39 is 0 Å². The second-order valence-electron chi connectivity index (χ2n) is 6.19. The van der Waals surface area contributed by atoms with Crippen molar-refractivity contribution in [3.05, 3.63) is 0 Å². The summed E-state index contributed by atoms with van der Waals surface area (Å²) in [5.41, 5.74) is 5.88. The van der Waals surface area contributed by atoms with Crippen molar-refractivity contribution in [3.8, 4) is 0 Å². The highest BCUT2D eigenvalue weighted by atomic mass is 16.2. The minimum absolute atomic E-state index is 0.159. The lowest BCUT2D eigenvalue weighted by Crippen LogP contribution is -2.48. The highest BCUT2D eigenvalue weighted by molar-refractivity contribution is 5.76. The third-order valence-corrected chi connectivity index (χ3v) is 4.57. The molecule has 1 aliphatic rings. The van der Waals surface area contributed by atoms with Crippen LogP contribution in [-0.2, 0) is 4.79 Å². The van der Waals surface area contributed by atoms with Crippen LogP contribution in [0.3, 0.4) is 0 Å². The third-order valence-electron chi connectivity index (χ3n) is 4.57. The Labute approximate surface area is 118 Å². The van der Waals surface area contributed by atoms with Crippen LogP contribution >= 0.6 is 0 Å². The van der Waals surface area contributed by atoms with Gasteiger partial charge in [-0.05, 0) is 39.2 Å². The van der Waals surface area contributed by atoms with Crippen LogP contribution in [0.2, 0.25) is 0 Å². The largest absolute Gasteiger partial charge is 0.343 e. The number of piperidine rings is 1. The van der Waals surface area contributed by atoms with Crippen molar-refractivity contribution in [2.24, 2.45) is 11.7 Å². The van der Waals surface area contributed by atoms with E-state index >= 15 is 0 Å². The van der Waals surface area contributed by atoms with Gasteiger partial charge in [0.25, 0.3) is 0 Å². The molecule has 2 N–H and O–H groups in total. The normalized spacial score (nSPS) is 19.8.